The number of nitrogens with one attached hydrogen (secondary N) is 2. The monoisotopic (exact) mass is 390 g/mol. The molecular weight excluding hydrogens is 368 g/mol. The molecule has 0 unspecified atom stereocenters. The van der Waals surface area contributed by atoms with Crippen molar-refractivity contribution in [3.63, 3.8) is 0 Å². The van der Waals surface area contributed by atoms with Gasteiger partial charge in [0.1, 0.15) is 11.3 Å². The summed E-state index contributed by atoms with van der Waals surface area (Å²) in [6.45, 7) is 3.97. The number of para-hydroxylation sites is 1. The number of phenolic OH excluding ortho intramolecular Hbond substituents is 1. The number of H-pyrrole nitrogens is 1. The standard InChI is InChI=1S/C23H22N2O4/c1-13-16-7-8-20(26)14(2)22(16)29-23(28)18(13)11-21(27)24-10-9-15-12-25-19-6-4-3-5-17(15)19/h3-8,12,25-26H,9-11H2,1-2H3,(H,24,27). The Labute approximate surface area is 167 Å². The Kier molecular flexibility index (Phi) is 4.84. The van der Waals surface area contributed by atoms with E-state index in [1.165, 1.54) is 0 Å². The van der Waals surface area contributed by atoms with Gasteiger partial charge in [0.05, 0.1) is 12.0 Å². The molecule has 0 aliphatic heterocycles. The van der Waals surface area contributed by atoms with E-state index in [0.29, 0.717) is 35.2 Å². The minimum absolute atomic E-state index is 0.0437. The average Bonchev–Trinajstić information content (AvgIpc) is 3.12. The molecule has 0 saturated carbocycles. The van der Waals surface area contributed by atoms with Gasteiger partial charge in [-0.05, 0) is 49.6 Å². The van der Waals surface area contributed by atoms with Gasteiger partial charge in [0, 0.05) is 34.6 Å². The van der Waals surface area contributed by atoms with Crippen molar-refractivity contribution in [3.05, 3.63) is 75.3 Å². The van der Waals surface area contributed by atoms with E-state index in [1.807, 2.05) is 30.5 Å². The maximum Gasteiger partial charge on any atom is 0.340 e. The Balaban J connectivity index is 1.48. The fraction of sp³-hybridized carbons (Fsp3) is 0.217. The van der Waals surface area contributed by atoms with Crippen LogP contribution in [-0.2, 0) is 17.6 Å². The van der Waals surface area contributed by atoms with Crippen molar-refractivity contribution in [2.45, 2.75) is 26.7 Å². The molecule has 3 N–H and O–H groups in total. The van der Waals surface area contributed by atoms with Crippen molar-refractivity contribution in [1.82, 2.24) is 10.3 Å². The predicted molar refractivity (Wildman–Crippen MR) is 112 cm³/mol. The topological polar surface area (TPSA) is 95.3 Å². The minimum atomic E-state index is -0.546. The Hall–Kier alpha value is -3.54. The van der Waals surface area contributed by atoms with Crippen LogP contribution in [0.2, 0.25) is 0 Å². The third kappa shape index (κ3) is 3.49. The van der Waals surface area contributed by atoms with E-state index >= 15 is 0 Å². The number of benzene rings is 2. The summed E-state index contributed by atoms with van der Waals surface area (Å²) in [5.74, 6) is -0.155. The highest BCUT2D eigenvalue weighted by atomic mass is 16.4. The highest BCUT2D eigenvalue weighted by Crippen LogP contribution is 2.28. The van der Waals surface area contributed by atoms with Gasteiger partial charge in [0.15, 0.2) is 0 Å². The van der Waals surface area contributed by atoms with Crippen LogP contribution in [0.5, 0.6) is 5.75 Å². The van der Waals surface area contributed by atoms with Crippen molar-refractivity contribution in [3.8, 4) is 5.75 Å². The molecule has 0 fully saturated rings. The Bertz CT molecular complexity index is 1280. The normalized spacial score (nSPS) is 11.2. The van der Waals surface area contributed by atoms with Gasteiger partial charge in [-0.2, -0.15) is 0 Å². The number of carbonyl (C=O) groups is 1. The molecule has 4 rings (SSSR count). The van der Waals surface area contributed by atoms with E-state index in [-0.39, 0.29) is 18.1 Å². The SMILES string of the molecule is Cc1c(CC(=O)NCCc2c[nH]c3ccccc23)c(=O)oc2c(C)c(O)ccc12. The second kappa shape index (κ2) is 7.47. The summed E-state index contributed by atoms with van der Waals surface area (Å²) in [5, 5.41) is 14.6. The van der Waals surface area contributed by atoms with Crippen LogP contribution >= 0.6 is 0 Å². The number of amides is 1. The van der Waals surface area contributed by atoms with Crippen LogP contribution in [0.25, 0.3) is 21.9 Å². The first-order valence-corrected chi connectivity index (χ1v) is 9.52. The predicted octanol–water partition coefficient (Wildman–Crippen LogP) is 3.50. The van der Waals surface area contributed by atoms with Crippen LogP contribution in [0, 0.1) is 13.8 Å². The molecule has 0 aliphatic rings. The first kappa shape index (κ1) is 18.8. The fourth-order valence-corrected chi connectivity index (χ4v) is 3.68. The van der Waals surface area contributed by atoms with Gasteiger partial charge in [-0.15, -0.1) is 0 Å². The van der Waals surface area contributed by atoms with Crippen molar-refractivity contribution >= 4 is 27.8 Å². The first-order valence-electron chi connectivity index (χ1n) is 9.52. The van der Waals surface area contributed by atoms with Gasteiger partial charge in [-0.3, -0.25) is 4.79 Å². The van der Waals surface area contributed by atoms with Crippen LogP contribution in [0.15, 0.2) is 51.8 Å². The molecule has 0 saturated heterocycles. The molecule has 1 amide bonds. The summed E-state index contributed by atoms with van der Waals surface area (Å²) in [7, 11) is 0. The molecule has 0 bridgehead atoms. The molecule has 6 nitrogen and oxygen atoms in total. The zero-order valence-corrected chi connectivity index (χ0v) is 16.3. The lowest BCUT2D eigenvalue weighted by Crippen LogP contribution is -2.29. The van der Waals surface area contributed by atoms with Crippen molar-refractivity contribution in [2.24, 2.45) is 0 Å². The number of hydrogen-bond acceptors (Lipinski definition) is 4. The summed E-state index contributed by atoms with van der Waals surface area (Å²) in [6.07, 6.45) is 2.61. The quantitative estimate of drug-likeness (QED) is 0.455. The van der Waals surface area contributed by atoms with Crippen molar-refractivity contribution in [2.75, 3.05) is 6.54 Å². The van der Waals surface area contributed by atoms with Crippen LogP contribution in [0.4, 0.5) is 0 Å². The van der Waals surface area contributed by atoms with Gasteiger partial charge in [0.25, 0.3) is 0 Å². The maximum absolute atomic E-state index is 12.4. The number of carbonyl (C=O) groups excluding carboxylic acids is 1. The van der Waals surface area contributed by atoms with E-state index < -0.39 is 5.63 Å². The van der Waals surface area contributed by atoms with E-state index in [0.717, 1.165) is 21.9 Å². The molecule has 6 heteroatoms. The van der Waals surface area contributed by atoms with Gasteiger partial charge in [-0.1, -0.05) is 18.2 Å². The molecule has 0 spiro atoms. The Morgan fingerprint density at radius 3 is 2.72 bits per heavy atom. The molecule has 0 atom stereocenters. The molecule has 2 aromatic heterocycles. The molecule has 0 radical (unpaired) electrons. The zero-order valence-electron chi connectivity index (χ0n) is 16.3. The van der Waals surface area contributed by atoms with Gasteiger partial charge in [0.2, 0.25) is 5.91 Å². The van der Waals surface area contributed by atoms with Crippen LogP contribution < -0.4 is 10.9 Å². The second-order valence-electron chi connectivity index (χ2n) is 7.22. The van der Waals surface area contributed by atoms with E-state index in [2.05, 4.69) is 10.3 Å². The zero-order chi connectivity index (χ0) is 20.5. The number of hydrogen-bond donors (Lipinski definition) is 3. The molecule has 2 aromatic carbocycles. The second-order valence-corrected chi connectivity index (χ2v) is 7.22. The first-order chi connectivity index (χ1) is 14.0. The van der Waals surface area contributed by atoms with Gasteiger partial charge < -0.3 is 19.8 Å². The number of rotatable bonds is 5. The number of aromatic nitrogens is 1. The fourth-order valence-electron chi connectivity index (χ4n) is 3.68. The van der Waals surface area contributed by atoms with Crippen molar-refractivity contribution < 1.29 is 14.3 Å². The van der Waals surface area contributed by atoms with Crippen molar-refractivity contribution in [1.29, 1.82) is 0 Å². The minimum Gasteiger partial charge on any atom is -0.508 e. The summed E-state index contributed by atoms with van der Waals surface area (Å²) in [5.41, 5.74) is 3.57. The van der Waals surface area contributed by atoms with Gasteiger partial charge in [-0.25, -0.2) is 4.79 Å². The number of aryl methyl sites for hydroxylation is 2. The smallest absolute Gasteiger partial charge is 0.340 e. The molecular formula is C23H22N2O4. The lowest BCUT2D eigenvalue weighted by atomic mass is 10.0. The molecule has 148 valence electrons. The third-order valence-corrected chi connectivity index (χ3v) is 5.40. The van der Waals surface area contributed by atoms with Crippen LogP contribution in [0.3, 0.4) is 0 Å². The van der Waals surface area contributed by atoms with Crippen LogP contribution in [-0.4, -0.2) is 22.5 Å². The number of aromatic hydroxyl groups is 1. The van der Waals surface area contributed by atoms with E-state index in [4.69, 9.17) is 4.42 Å². The molecule has 4 aromatic rings. The highest BCUT2D eigenvalue weighted by molar-refractivity contribution is 5.87. The average molecular weight is 390 g/mol. The number of fused-ring (bicyclic) bond motifs is 2. The highest BCUT2D eigenvalue weighted by Gasteiger charge is 2.17. The molecule has 29 heavy (non-hydrogen) atoms. The Morgan fingerprint density at radius 2 is 1.90 bits per heavy atom. The van der Waals surface area contributed by atoms with E-state index in [9.17, 15) is 14.7 Å². The van der Waals surface area contributed by atoms with Crippen LogP contribution in [0.1, 0.15) is 22.3 Å². The summed E-state index contributed by atoms with van der Waals surface area (Å²) in [4.78, 5) is 28.1. The lowest BCUT2D eigenvalue weighted by molar-refractivity contribution is -0.120. The lowest BCUT2D eigenvalue weighted by Gasteiger charge is -2.10. The largest absolute Gasteiger partial charge is 0.508 e. The third-order valence-electron chi connectivity index (χ3n) is 5.40. The summed E-state index contributed by atoms with van der Waals surface area (Å²) >= 11 is 0. The molecule has 2 heterocycles. The maximum atomic E-state index is 12.4. The van der Waals surface area contributed by atoms with Gasteiger partial charge >= 0.3 is 5.63 Å². The molecule has 0 aliphatic carbocycles. The summed E-state index contributed by atoms with van der Waals surface area (Å²) < 4.78 is 5.40. The van der Waals surface area contributed by atoms with E-state index in [1.54, 1.807) is 26.0 Å². The number of aromatic amines is 1. The summed E-state index contributed by atoms with van der Waals surface area (Å²) in [6, 6.07) is 11.3. The Morgan fingerprint density at radius 1 is 1.10 bits per heavy atom. The number of phenols is 1.